The lowest BCUT2D eigenvalue weighted by atomic mass is 10.1. The summed E-state index contributed by atoms with van der Waals surface area (Å²) in [5, 5.41) is 16.8. The first kappa shape index (κ1) is 25.2. The Kier molecular flexibility index (Phi) is 6.73. The number of carbonyl (C=O) groups excluding carboxylic acids is 2. The van der Waals surface area contributed by atoms with Gasteiger partial charge in [0.2, 0.25) is 15.4 Å². The van der Waals surface area contributed by atoms with E-state index in [1.165, 1.54) is 36.6 Å². The van der Waals surface area contributed by atoms with Crippen LogP contribution in [0.2, 0.25) is 5.02 Å². The van der Waals surface area contributed by atoms with Crippen molar-refractivity contribution in [2.24, 2.45) is 0 Å². The topological polar surface area (TPSA) is 139 Å². The highest BCUT2D eigenvalue weighted by Gasteiger charge is 2.55. The number of nitrogens with zero attached hydrogens (tertiary/aromatic N) is 1. The Morgan fingerprint density at radius 2 is 1.65 bits per heavy atom. The summed E-state index contributed by atoms with van der Waals surface area (Å²) in [6.07, 6.45) is -3.99. The van der Waals surface area contributed by atoms with Crippen molar-refractivity contribution in [2.45, 2.75) is 28.5 Å². The molecular formula is C20H15ClF3N3O6S. The molecule has 3 aromatic rings. The lowest BCUT2D eigenvalue weighted by Crippen LogP contribution is -2.52. The number of alkyl halides is 3. The number of sulfone groups is 1. The second-order valence-electron chi connectivity index (χ2n) is 7.03. The van der Waals surface area contributed by atoms with E-state index < -0.39 is 33.4 Å². The number of amides is 2. The second kappa shape index (κ2) is 9.08. The molecule has 0 fully saturated rings. The van der Waals surface area contributed by atoms with Gasteiger partial charge < -0.3 is 20.3 Å². The summed E-state index contributed by atoms with van der Waals surface area (Å²) in [5.41, 5.74) is -3.90. The third-order valence-electron chi connectivity index (χ3n) is 4.60. The van der Waals surface area contributed by atoms with E-state index in [2.05, 4.69) is 15.0 Å². The van der Waals surface area contributed by atoms with Gasteiger partial charge in [-0.2, -0.15) is 13.2 Å². The summed E-state index contributed by atoms with van der Waals surface area (Å²) in [5.74, 6) is -2.19. The molecule has 2 amide bonds. The van der Waals surface area contributed by atoms with Crippen molar-refractivity contribution < 1.29 is 40.8 Å². The highest BCUT2D eigenvalue weighted by Crippen LogP contribution is 2.33. The highest BCUT2D eigenvalue weighted by molar-refractivity contribution is 7.91. The summed E-state index contributed by atoms with van der Waals surface area (Å²) in [6, 6.07) is 9.23. The Morgan fingerprint density at radius 1 is 1.03 bits per heavy atom. The van der Waals surface area contributed by atoms with Crippen molar-refractivity contribution in [3.8, 4) is 0 Å². The fourth-order valence-corrected chi connectivity index (χ4v) is 4.10. The molecule has 3 N–H and O–H groups in total. The molecule has 1 atom stereocenters. The van der Waals surface area contributed by atoms with Crippen molar-refractivity contribution in [1.29, 1.82) is 0 Å². The number of rotatable bonds is 6. The minimum atomic E-state index is -5.25. The Morgan fingerprint density at radius 3 is 2.18 bits per heavy atom. The first-order chi connectivity index (χ1) is 15.7. The minimum Gasteiger partial charge on any atom is -0.373 e. The van der Waals surface area contributed by atoms with Gasteiger partial charge in [-0.15, -0.1) is 0 Å². The molecule has 2 aromatic carbocycles. The fourth-order valence-electron chi connectivity index (χ4n) is 2.52. The Hall–Kier alpha value is -3.42. The molecule has 1 aromatic heterocycles. The molecule has 14 heteroatoms. The zero-order valence-electron chi connectivity index (χ0n) is 17.1. The lowest BCUT2D eigenvalue weighted by Gasteiger charge is -2.25. The molecule has 180 valence electrons. The largest absolute Gasteiger partial charge is 0.426 e. The average Bonchev–Trinajstić information content (AvgIpc) is 3.27. The standard InChI is InChI=1S/C20H15ClF3N3O6S/c1-19(30,20(22,23)24)18(29)25-15-7-6-13(10-14(15)21)34(31,32)12-4-2-11(3-5-12)17(28)26-16-8-9-33-27-16/h2-10,30H,1H3,(H,25,29)(H,26,27,28). The first-order valence-electron chi connectivity index (χ1n) is 9.20. The van der Waals surface area contributed by atoms with Crippen LogP contribution in [0, 0.1) is 0 Å². The van der Waals surface area contributed by atoms with Gasteiger partial charge >= 0.3 is 6.18 Å². The minimum absolute atomic E-state index is 0.134. The zero-order valence-corrected chi connectivity index (χ0v) is 18.6. The van der Waals surface area contributed by atoms with Crippen molar-refractivity contribution in [2.75, 3.05) is 10.6 Å². The van der Waals surface area contributed by atoms with E-state index in [0.717, 1.165) is 18.2 Å². The smallest absolute Gasteiger partial charge is 0.373 e. The van der Waals surface area contributed by atoms with Gasteiger partial charge in [-0.05, 0) is 49.4 Å². The fraction of sp³-hybridized carbons (Fsp3) is 0.150. The van der Waals surface area contributed by atoms with Gasteiger partial charge in [0, 0.05) is 11.6 Å². The van der Waals surface area contributed by atoms with Crippen LogP contribution in [0.1, 0.15) is 17.3 Å². The third-order valence-corrected chi connectivity index (χ3v) is 6.68. The van der Waals surface area contributed by atoms with Crippen LogP contribution in [0.15, 0.2) is 69.1 Å². The van der Waals surface area contributed by atoms with E-state index in [0.29, 0.717) is 0 Å². The Balaban J connectivity index is 1.79. The summed E-state index contributed by atoms with van der Waals surface area (Å²) in [7, 11) is -4.14. The number of benzene rings is 2. The van der Waals surface area contributed by atoms with Crippen molar-refractivity contribution in [3.63, 3.8) is 0 Å². The number of aliphatic hydroxyl groups is 1. The van der Waals surface area contributed by atoms with Crippen LogP contribution < -0.4 is 10.6 Å². The van der Waals surface area contributed by atoms with Crippen LogP contribution in [0.25, 0.3) is 0 Å². The molecular weight excluding hydrogens is 503 g/mol. The van der Waals surface area contributed by atoms with E-state index in [4.69, 9.17) is 11.6 Å². The first-order valence-corrected chi connectivity index (χ1v) is 11.1. The van der Waals surface area contributed by atoms with Crippen molar-refractivity contribution in [1.82, 2.24) is 5.16 Å². The quantitative estimate of drug-likeness (QED) is 0.453. The van der Waals surface area contributed by atoms with Gasteiger partial charge in [0.15, 0.2) is 5.82 Å². The maximum Gasteiger partial charge on any atom is 0.426 e. The average molecular weight is 518 g/mol. The van der Waals surface area contributed by atoms with E-state index in [1.807, 2.05) is 5.32 Å². The van der Waals surface area contributed by atoms with E-state index in [-0.39, 0.29) is 38.8 Å². The number of hydrogen-bond donors (Lipinski definition) is 3. The molecule has 0 aliphatic heterocycles. The van der Waals surface area contributed by atoms with Crippen molar-refractivity contribution in [3.05, 3.63) is 65.4 Å². The number of carbonyl (C=O) groups is 2. The summed E-state index contributed by atoms with van der Waals surface area (Å²) in [4.78, 5) is 23.5. The van der Waals surface area contributed by atoms with Gasteiger partial charge in [-0.25, -0.2) is 8.42 Å². The molecule has 0 aliphatic carbocycles. The number of nitrogens with one attached hydrogen (secondary N) is 2. The van der Waals surface area contributed by atoms with Crippen LogP contribution in [-0.4, -0.2) is 42.3 Å². The number of anilines is 2. The molecule has 0 saturated heterocycles. The van der Waals surface area contributed by atoms with E-state index in [9.17, 15) is 36.3 Å². The van der Waals surface area contributed by atoms with Crippen LogP contribution in [-0.2, 0) is 14.6 Å². The second-order valence-corrected chi connectivity index (χ2v) is 9.39. The summed E-state index contributed by atoms with van der Waals surface area (Å²) in [6.45, 7) is 0.269. The molecule has 0 radical (unpaired) electrons. The lowest BCUT2D eigenvalue weighted by molar-refractivity contribution is -0.242. The third kappa shape index (κ3) is 5.05. The van der Waals surface area contributed by atoms with Gasteiger partial charge in [0.05, 0.1) is 20.5 Å². The normalized spacial score (nSPS) is 13.7. The maximum absolute atomic E-state index is 12.9. The Labute approximate surface area is 195 Å². The van der Waals surface area contributed by atoms with Gasteiger partial charge in [-0.1, -0.05) is 16.8 Å². The molecule has 0 saturated carbocycles. The Bertz CT molecular complexity index is 1320. The zero-order chi connectivity index (χ0) is 25.3. The molecule has 3 rings (SSSR count). The number of halogens is 4. The van der Waals surface area contributed by atoms with Crippen LogP contribution in [0.3, 0.4) is 0 Å². The molecule has 0 bridgehead atoms. The monoisotopic (exact) mass is 517 g/mol. The molecule has 1 unspecified atom stereocenters. The predicted octanol–water partition coefficient (Wildman–Crippen LogP) is 3.66. The summed E-state index contributed by atoms with van der Waals surface area (Å²) >= 11 is 5.96. The summed E-state index contributed by atoms with van der Waals surface area (Å²) < 4.78 is 68.8. The SMILES string of the molecule is CC(O)(C(=O)Nc1ccc(S(=O)(=O)c2ccc(C(=O)Nc3ccon3)cc2)cc1Cl)C(F)(F)F. The van der Waals surface area contributed by atoms with Gasteiger partial charge in [-0.3, -0.25) is 9.59 Å². The molecule has 1 heterocycles. The molecule has 34 heavy (non-hydrogen) atoms. The van der Waals surface area contributed by atoms with E-state index in [1.54, 1.807) is 0 Å². The number of aromatic nitrogens is 1. The molecule has 0 aliphatic rings. The van der Waals surface area contributed by atoms with Crippen molar-refractivity contribution >= 4 is 44.8 Å². The van der Waals surface area contributed by atoms with Crippen LogP contribution in [0.5, 0.6) is 0 Å². The maximum atomic E-state index is 12.9. The highest BCUT2D eigenvalue weighted by atomic mass is 35.5. The number of hydrogen-bond acceptors (Lipinski definition) is 7. The van der Waals surface area contributed by atoms with Crippen LogP contribution in [0.4, 0.5) is 24.7 Å². The van der Waals surface area contributed by atoms with E-state index >= 15 is 0 Å². The van der Waals surface area contributed by atoms with Gasteiger partial charge in [0.25, 0.3) is 11.8 Å². The van der Waals surface area contributed by atoms with Gasteiger partial charge in [0.1, 0.15) is 6.26 Å². The van der Waals surface area contributed by atoms with Crippen LogP contribution >= 0.6 is 11.6 Å². The molecule has 0 spiro atoms. The molecule has 9 nitrogen and oxygen atoms in total. The predicted molar refractivity (Wildman–Crippen MR) is 113 cm³/mol.